The Morgan fingerprint density at radius 1 is 0.857 bits per heavy atom. The molecule has 0 atom stereocenters. The number of benzene rings is 3. The van der Waals surface area contributed by atoms with E-state index in [-0.39, 0.29) is 17.2 Å². The van der Waals surface area contributed by atoms with Crippen molar-refractivity contribution in [3.8, 4) is 5.75 Å². The van der Waals surface area contributed by atoms with E-state index in [0.717, 1.165) is 18.3 Å². The molecule has 5 nitrogen and oxygen atoms in total. The van der Waals surface area contributed by atoms with Gasteiger partial charge in [-0.3, -0.25) is 15.1 Å². The molecular formula is C24H18F6N2O3. The van der Waals surface area contributed by atoms with Crippen LogP contribution < -0.4 is 0 Å². The number of non-ortho nitro benzene ring substituents is 1. The quantitative estimate of drug-likeness (QED) is 0.173. The molecule has 0 aliphatic heterocycles. The first-order valence-corrected chi connectivity index (χ1v) is 10.0. The molecule has 184 valence electrons. The number of halogens is 6. The van der Waals surface area contributed by atoms with Gasteiger partial charge in [0.25, 0.3) is 5.69 Å². The van der Waals surface area contributed by atoms with E-state index in [0.29, 0.717) is 17.7 Å². The second kappa shape index (κ2) is 9.05. The molecule has 0 amide bonds. The summed E-state index contributed by atoms with van der Waals surface area (Å²) in [5.74, 6) is -0.448. The maximum atomic E-state index is 13.1. The number of hydrogen-bond acceptors (Lipinski definition) is 4. The minimum atomic E-state index is -5.06. The number of hydrogen-bond donors (Lipinski definition) is 1. The van der Waals surface area contributed by atoms with Crippen LogP contribution in [0.1, 0.15) is 41.7 Å². The molecule has 3 aromatic rings. The van der Waals surface area contributed by atoms with E-state index in [4.69, 9.17) is 0 Å². The van der Waals surface area contributed by atoms with Gasteiger partial charge in [0.1, 0.15) is 5.75 Å². The van der Waals surface area contributed by atoms with Gasteiger partial charge in [0, 0.05) is 34.9 Å². The van der Waals surface area contributed by atoms with Crippen molar-refractivity contribution in [3.05, 3.63) is 98.6 Å². The lowest BCUT2D eigenvalue weighted by atomic mass is 9.77. The summed E-state index contributed by atoms with van der Waals surface area (Å²) in [4.78, 5) is 14.4. The Morgan fingerprint density at radius 3 is 1.89 bits per heavy atom. The number of nitro benzene ring substituents is 1. The van der Waals surface area contributed by atoms with Crippen LogP contribution in [0, 0.1) is 10.1 Å². The molecule has 0 bridgehead atoms. The van der Waals surface area contributed by atoms with E-state index in [9.17, 15) is 41.6 Å². The van der Waals surface area contributed by atoms with Crippen LogP contribution in [0.25, 0.3) is 0 Å². The number of rotatable bonds is 5. The van der Waals surface area contributed by atoms with Crippen molar-refractivity contribution in [2.75, 3.05) is 0 Å². The van der Waals surface area contributed by atoms with Gasteiger partial charge >= 0.3 is 12.4 Å². The maximum Gasteiger partial charge on any atom is 0.416 e. The van der Waals surface area contributed by atoms with Gasteiger partial charge < -0.3 is 5.11 Å². The molecule has 3 rings (SSSR count). The Morgan fingerprint density at radius 2 is 1.40 bits per heavy atom. The summed E-state index contributed by atoms with van der Waals surface area (Å²) >= 11 is 0. The smallest absolute Gasteiger partial charge is 0.416 e. The molecule has 0 saturated heterocycles. The number of aliphatic imine (C=N–C) groups is 1. The number of aromatic hydroxyl groups is 1. The average Bonchev–Trinajstić information content (AvgIpc) is 2.77. The van der Waals surface area contributed by atoms with Gasteiger partial charge in [0.05, 0.1) is 21.7 Å². The molecule has 11 heteroatoms. The standard InChI is InChI=1S/C24H18F6N2O3/c1-22(2,15-6-4-3-5-7-15)20-12-19(32(34)35)8-14(21(20)33)13-31-18-10-16(23(25,26)27)9-17(11-18)24(28,29)30/h3-13,33H,1-2H3. The van der Waals surface area contributed by atoms with Gasteiger partial charge in [0.2, 0.25) is 0 Å². The summed E-state index contributed by atoms with van der Waals surface area (Å²) in [5.41, 5.74) is -4.62. The van der Waals surface area contributed by atoms with Crippen LogP contribution in [0.15, 0.2) is 65.7 Å². The van der Waals surface area contributed by atoms with Crippen molar-refractivity contribution in [1.29, 1.82) is 0 Å². The van der Waals surface area contributed by atoms with Crippen molar-refractivity contribution in [2.45, 2.75) is 31.6 Å². The second-order valence-corrected chi connectivity index (χ2v) is 8.20. The van der Waals surface area contributed by atoms with Crippen LogP contribution in [0.2, 0.25) is 0 Å². The van der Waals surface area contributed by atoms with Crippen molar-refractivity contribution < 1.29 is 36.4 Å². The van der Waals surface area contributed by atoms with Crippen molar-refractivity contribution in [3.63, 3.8) is 0 Å². The van der Waals surface area contributed by atoms with Crippen molar-refractivity contribution >= 4 is 17.6 Å². The monoisotopic (exact) mass is 496 g/mol. The molecule has 0 spiro atoms. The number of phenolic OH excluding ortho intramolecular Hbond substituents is 1. The van der Waals surface area contributed by atoms with Crippen LogP contribution in [0.5, 0.6) is 5.75 Å². The Kier molecular flexibility index (Phi) is 6.65. The van der Waals surface area contributed by atoms with E-state index >= 15 is 0 Å². The number of phenols is 1. The van der Waals surface area contributed by atoms with Crippen LogP contribution in [-0.2, 0) is 17.8 Å². The van der Waals surface area contributed by atoms with Gasteiger partial charge in [-0.15, -0.1) is 0 Å². The first kappa shape index (κ1) is 25.7. The fourth-order valence-electron chi connectivity index (χ4n) is 3.49. The number of alkyl halides is 6. The first-order chi connectivity index (χ1) is 16.1. The van der Waals surface area contributed by atoms with Gasteiger partial charge in [-0.1, -0.05) is 44.2 Å². The third kappa shape index (κ3) is 5.61. The van der Waals surface area contributed by atoms with Gasteiger partial charge in [0.15, 0.2) is 0 Å². The highest BCUT2D eigenvalue weighted by Gasteiger charge is 2.37. The van der Waals surface area contributed by atoms with Crippen LogP contribution in [0.3, 0.4) is 0 Å². The topological polar surface area (TPSA) is 75.7 Å². The lowest BCUT2D eigenvalue weighted by molar-refractivity contribution is -0.385. The molecule has 0 radical (unpaired) electrons. The zero-order valence-electron chi connectivity index (χ0n) is 18.3. The maximum absolute atomic E-state index is 13.1. The predicted octanol–water partition coefficient (Wildman–Crippen LogP) is 7.41. The average molecular weight is 496 g/mol. The normalized spacial score (nSPS) is 12.8. The van der Waals surface area contributed by atoms with E-state index in [1.165, 1.54) is 0 Å². The molecular weight excluding hydrogens is 478 g/mol. The molecule has 35 heavy (non-hydrogen) atoms. The lowest BCUT2D eigenvalue weighted by Gasteiger charge is -2.27. The predicted molar refractivity (Wildman–Crippen MR) is 117 cm³/mol. The molecule has 0 unspecified atom stereocenters. The third-order valence-corrected chi connectivity index (χ3v) is 5.43. The summed E-state index contributed by atoms with van der Waals surface area (Å²) in [5, 5.41) is 22.4. The van der Waals surface area contributed by atoms with Crippen LogP contribution in [0.4, 0.5) is 37.7 Å². The van der Waals surface area contributed by atoms with Crippen LogP contribution >= 0.6 is 0 Å². The zero-order chi connectivity index (χ0) is 26.2. The van der Waals surface area contributed by atoms with Gasteiger partial charge in [-0.2, -0.15) is 26.3 Å². The highest BCUT2D eigenvalue weighted by molar-refractivity contribution is 5.87. The Hall–Kier alpha value is -3.89. The molecule has 0 aliphatic carbocycles. The van der Waals surface area contributed by atoms with E-state index in [2.05, 4.69) is 4.99 Å². The molecule has 0 aliphatic rings. The number of nitro groups is 1. The summed E-state index contributed by atoms with van der Waals surface area (Å²) < 4.78 is 78.7. The molecule has 3 aromatic carbocycles. The van der Waals surface area contributed by atoms with Crippen molar-refractivity contribution in [1.82, 2.24) is 0 Å². The summed E-state index contributed by atoms with van der Waals surface area (Å²) in [6.07, 6.45) is -9.33. The summed E-state index contributed by atoms with van der Waals surface area (Å²) in [6.45, 7) is 3.40. The van der Waals surface area contributed by atoms with E-state index in [1.807, 2.05) is 0 Å². The highest BCUT2D eigenvalue weighted by atomic mass is 19.4. The zero-order valence-corrected chi connectivity index (χ0v) is 18.3. The second-order valence-electron chi connectivity index (χ2n) is 8.20. The van der Waals surface area contributed by atoms with Gasteiger partial charge in [-0.25, -0.2) is 0 Å². The van der Waals surface area contributed by atoms with Gasteiger partial charge in [-0.05, 0) is 23.8 Å². The third-order valence-electron chi connectivity index (χ3n) is 5.43. The fraction of sp³-hybridized carbons (Fsp3) is 0.208. The highest BCUT2D eigenvalue weighted by Crippen LogP contribution is 2.41. The minimum Gasteiger partial charge on any atom is -0.507 e. The van der Waals surface area contributed by atoms with Crippen molar-refractivity contribution in [2.24, 2.45) is 4.99 Å². The summed E-state index contributed by atoms with van der Waals surface area (Å²) in [6, 6.07) is 11.6. The molecule has 1 N–H and O–H groups in total. The molecule has 0 aromatic heterocycles. The molecule has 0 fully saturated rings. The largest absolute Gasteiger partial charge is 0.507 e. The minimum absolute atomic E-state index is 0.0374. The van der Waals surface area contributed by atoms with E-state index < -0.39 is 50.9 Å². The van der Waals surface area contributed by atoms with Crippen LogP contribution in [-0.4, -0.2) is 16.2 Å². The summed E-state index contributed by atoms with van der Waals surface area (Å²) in [7, 11) is 0. The Bertz CT molecular complexity index is 1250. The lowest BCUT2D eigenvalue weighted by Crippen LogP contribution is -2.19. The Labute approximate surface area is 195 Å². The molecule has 0 saturated carbocycles. The first-order valence-electron chi connectivity index (χ1n) is 10.0. The Balaban J connectivity index is 2.16. The fourth-order valence-corrected chi connectivity index (χ4v) is 3.49. The SMILES string of the molecule is CC(C)(c1ccccc1)c1cc([N+](=O)[O-])cc(C=Nc2cc(C(F)(F)F)cc(C(F)(F)F)c2)c1O. The molecule has 0 heterocycles. The van der Waals surface area contributed by atoms with E-state index in [1.54, 1.807) is 44.2 Å². The number of nitrogens with zero attached hydrogens (tertiary/aromatic N) is 2.